The molecule has 0 amide bonds. The van der Waals surface area contributed by atoms with E-state index in [1.807, 2.05) is 0 Å². The van der Waals surface area contributed by atoms with Crippen molar-refractivity contribution in [3.05, 3.63) is 17.7 Å². The summed E-state index contributed by atoms with van der Waals surface area (Å²) >= 11 is 0. The summed E-state index contributed by atoms with van der Waals surface area (Å²) in [6.45, 7) is 0.248. The lowest BCUT2D eigenvalue weighted by atomic mass is 10.1. The molecule has 1 atom stereocenters. The molecule has 78 valence electrons. The van der Waals surface area contributed by atoms with Gasteiger partial charge in [-0.2, -0.15) is 0 Å². The molecule has 0 saturated heterocycles. The molecule has 0 aromatic heterocycles. The van der Waals surface area contributed by atoms with Crippen LogP contribution in [0, 0.1) is 0 Å². The third-order valence-corrected chi connectivity index (χ3v) is 1.88. The van der Waals surface area contributed by atoms with E-state index in [4.69, 9.17) is 10.2 Å². The molecule has 14 heavy (non-hydrogen) atoms. The maximum Gasteiger partial charge on any atom is 0.161 e. The smallest absolute Gasteiger partial charge is 0.161 e. The van der Waals surface area contributed by atoms with E-state index in [0.29, 0.717) is 0 Å². The highest BCUT2D eigenvalue weighted by atomic mass is 16.3. The van der Waals surface area contributed by atoms with Crippen molar-refractivity contribution < 1.29 is 20.4 Å². The van der Waals surface area contributed by atoms with E-state index < -0.39 is 11.9 Å². The van der Waals surface area contributed by atoms with Crippen molar-refractivity contribution in [2.45, 2.75) is 6.10 Å². The quantitative estimate of drug-likeness (QED) is 0.350. The normalized spacial score (nSPS) is 12.7. The van der Waals surface area contributed by atoms with Crippen LogP contribution in [0.3, 0.4) is 0 Å². The largest absolute Gasteiger partial charge is 0.507 e. The Balaban J connectivity index is 3.02. The fourth-order valence-corrected chi connectivity index (χ4v) is 1.15. The minimum absolute atomic E-state index is 0.176. The Labute approximate surface area is 81.3 Å². The number of hydrogen-bond donors (Lipinski definition) is 5. The predicted molar refractivity (Wildman–Crippen MR) is 50.3 cm³/mol. The fraction of sp³-hybridized carbons (Fsp3) is 0.333. The van der Waals surface area contributed by atoms with Gasteiger partial charge in [-0.25, -0.2) is 0 Å². The summed E-state index contributed by atoms with van der Waals surface area (Å²) in [6, 6.07) is 2.12. The first-order valence-electron chi connectivity index (χ1n) is 4.13. The number of phenolic OH excluding ortho intramolecular Hbond substituents is 3. The molecular weight excluding hydrogens is 186 g/mol. The maximum absolute atomic E-state index is 9.50. The zero-order chi connectivity index (χ0) is 10.7. The number of nitrogens with one attached hydrogen (secondary N) is 1. The minimum Gasteiger partial charge on any atom is -0.507 e. The van der Waals surface area contributed by atoms with Crippen LogP contribution in [0.4, 0.5) is 0 Å². The van der Waals surface area contributed by atoms with E-state index in [-0.39, 0.29) is 23.6 Å². The van der Waals surface area contributed by atoms with Crippen molar-refractivity contribution >= 4 is 0 Å². The Hall–Kier alpha value is -1.46. The van der Waals surface area contributed by atoms with Gasteiger partial charge >= 0.3 is 0 Å². The van der Waals surface area contributed by atoms with E-state index in [2.05, 4.69) is 5.32 Å². The Morgan fingerprint density at radius 3 is 2.29 bits per heavy atom. The summed E-state index contributed by atoms with van der Waals surface area (Å²) < 4.78 is 0. The maximum atomic E-state index is 9.50. The second-order valence-electron chi connectivity index (χ2n) is 2.97. The summed E-state index contributed by atoms with van der Waals surface area (Å²) in [5.74, 6) is -1.03. The first-order chi connectivity index (χ1) is 6.56. The van der Waals surface area contributed by atoms with Gasteiger partial charge in [-0.05, 0) is 13.1 Å². The topological polar surface area (TPSA) is 93.0 Å². The molecule has 0 aliphatic heterocycles. The molecule has 0 heterocycles. The van der Waals surface area contributed by atoms with E-state index in [0.717, 1.165) is 12.1 Å². The Bertz CT molecular complexity index is 327. The Morgan fingerprint density at radius 2 is 1.71 bits per heavy atom. The van der Waals surface area contributed by atoms with Gasteiger partial charge in [0.1, 0.15) is 5.75 Å². The van der Waals surface area contributed by atoms with E-state index >= 15 is 0 Å². The molecule has 1 rings (SSSR count). The summed E-state index contributed by atoms with van der Waals surface area (Å²) in [5, 5.41) is 39.8. The lowest BCUT2D eigenvalue weighted by Crippen LogP contribution is -2.16. The second-order valence-corrected chi connectivity index (χ2v) is 2.97. The molecule has 0 spiro atoms. The molecule has 0 fully saturated rings. The third-order valence-electron chi connectivity index (χ3n) is 1.88. The number of aromatic hydroxyl groups is 3. The van der Waals surface area contributed by atoms with Crippen molar-refractivity contribution in [2.75, 3.05) is 13.6 Å². The SMILES string of the molecule is CNCC(O)c1cc(O)c(O)cc1O. The van der Waals surface area contributed by atoms with Crippen molar-refractivity contribution in [3.63, 3.8) is 0 Å². The number of hydrogen-bond acceptors (Lipinski definition) is 5. The molecule has 5 heteroatoms. The number of aliphatic hydroxyl groups is 1. The molecule has 0 radical (unpaired) electrons. The molecular formula is C9H13NO4. The average Bonchev–Trinajstić information content (AvgIpc) is 2.11. The van der Waals surface area contributed by atoms with Gasteiger partial charge in [0.05, 0.1) is 6.10 Å². The van der Waals surface area contributed by atoms with Crippen LogP contribution in [-0.4, -0.2) is 34.0 Å². The van der Waals surface area contributed by atoms with Gasteiger partial charge in [-0.1, -0.05) is 0 Å². The minimum atomic E-state index is -0.925. The summed E-state index contributed by atoms with van der Waals surface area (Å²) in [4.78, 5) is 0. The molecule has 5 nitrogen and oxygen atoms in total. The predicted octanol–water partition coefficient (Wildman–Crippen LogP) is 0.0562. The van der Waals surface area contributed by atoms with Gasteiger partial charge in [0.2, 0.25) is 0 Å². The lowest BCUT2D eigenvalue weighted by molar-refractivity contribution is 0.173. The highest BCUT2D eigenvalue weighted by molar-refractivity contribution is 5.49. The number of rotatable bonds is 3. The van der Waals surface area contributed by atoms with Crippen LogP contribution in [0.2, 0.25) is 0 Å². The molecule has 1 aromatic carbocycles. The van der Waals surface area contributed by atoms with Crippen molar-refractivity contribution in [1.29, 1.82) is 0 Å². The number of aliphatic hydroxyl groups excluding tert-OH is 1. The van der Waals surface area contributed by atoms with Crippen LogP contribution in [-0.2, 0) is 0 Å². The van der Waals surface area contributed by atoms with Gasteiger partial charge in [0.15, 0.2) is 11.5 Å². The first-order valence-corrected chi connectivity index (χ1v) is 4.13. The van der Waals surface area contributed by atoms with Gasteiger partial charge < -0.3 is 25.7 Å². The van der Waals surface area contributed by atoms with Crippen molar-refractivity contribution in [2.24, 2.45) is 0 Å². The van der Waals surface area contributed by atoms with Crippen molar-refractivity contribution in [3.8, 4) is 17.2 Å². The fourth-order valence-electron chi connectivity index (χ4n) is 1.15. The molecule has 0 aliphatic rings. The van der Waals surface area contributed by atoms with Crippen LogP contribution in [0.15, 0.2) is 12.1 Å². The Morgan fingerprint density at radius 1 is 1.14 bits per heavy atom. The molecule has 0 saturated carbocycles. The van der Waals surface area contributed by atoms with Crippen LogP contribution in [0.25, 0.3) is 0 Å². The highest BCUT2D eigenvalue weighted by Gasteiger charge is 2.14. The van der Waals surface area contributed by atoms with Gasteiger partial charge in [-0.3, -0.25) is 0 Å². The lowest BCUT2D eigenvalue weighted by Gasteiger charge is -2.12. The highest BCUT2D eigenvalue weighted by Crippen LogP contribution is 2.35. The molecule has 1 aromatic rings. The Kier molecular flexibility index (Phi) is 3.16. The first kappa shape index (κ1) is 10.6. The summed E-state index contributed by atoms with van der Waals surface area (Å²) in [5.41, 5.74) is 0.176. The van der Waals surface area contributed by atoms with E-state index in [1.165, 1.54) is 0 Å². The van der Waals surface area contributed by atoms with Crippen LogP contribution < -0.4 is 5.32 Å². The third kappa shape index (κ3) is 2.07. The standard InChI is InChI=1S/C9H13NO4/c1-10-4-9(14)5-2-7(12)8(13)3-6(5)11/h2-3,9-14H,4H2,1H3. The van der Waals surface area contributed by atoms with Gasteiger partial charge in [0.25, 0.3) is 0 Å². The van der Waals surface area contributed by atoms with Gasteiger partial charge in [0, 0.05) is 18.2 Å². The monoisotopic (exact) mass is 199 g/mol. The van der Waals surface area contributed by atoms with E-state index in [9.17, 15) is 10.2 Å². The van der Waals surface area contributed by atoms with Gasteiger partial charge in [-0.15, -0.1) is 0 Å². The number of benzene rings is 1. The molecule has 5 N–H and O–H groups in total. The van der Waals surface area contributed by atoms with Crippen LogP contribution in [0.5, 0.6) is 17.2 Å². The zero-order valence-corrected chi connectivity index (χ0v) is 7.73. The molecule has 1 unspecified atom stereocenters. The number of phenols is 3. The summed E-state index contributed by atoms with van der Waals surface area (Å²) in [7, 11) is 1.65. The zero-order valence-electron chi connectivity index (χ0n) is 7.73. The second kappa shape index (κ2) is 4.17. The van der Waals surface area contributed by atoms with Crippen molar-refractivity contribution in [1.82, 2.24) is 5.32 Å². The van der Waals surface area contributed by atoms with Crippen LogP contribution in [0.1, 0.15) is 11.7 Å². The molecule has 0 aliphatic carbocycles. The van der Waals surface area contributed by atoms with E-state index in [1.54, 1.807) is 7.05 Å². The average molecular weight is 199 g/mol. The number of likely N-dealkylation sites (N-methyl/N-ethyl adjacent to an activating group) is 1. The summed E-state index contributed by atoms with van der Waals surface area (Å²) in [6.07, 6.45) is -0.925. The van der Waals surface area contributed by atoms with Crippen LogP contribution >= 0.6 is 0 Å². The molecule has 0 bridgehead atoms.